The number of carboxylic acid groups (broad SMARTS) is 2. The fourth-order valence-corrected chi connectivity index (χ4v) is 4.28. The van der Waals surface area contributed by atoms with E-state index in [1.54, 1.807) is 49.6 Å². The molecule has 0 aliphatic heterocycles. The maximum Gasteiger partial charge on any atom is 0.329 e. The highest BCUT2D eigenvalue weighted by molar-refractivity contribution is 6.08. The Morgan fingerprint density at radius 2 is 1.37 bits per heavy atom. The van der Waals surface area contributed by atoms with Crippen LogP contribution in [0.4, 0.5) is 5.69 Å². The Bertz CT molecular complexity index is 1530. The molecular weight excluding hydrogens is 526 g/mol. The van der Waals surface area contributed by atoms with Crippen LogP contribution in [0.25, 0.3) is 11.1 Å². The number of hydrogen-bond donors (Lipinski definition) is 3. The van der Waals surface area contributed by atoms with E-state index >= 15 is 0 Å². The summed E-state index contributed by atoms with van der Waals surface area (Å²) in [5.74, 6) is -3.68. The molecular formula is C32H27NO8. The van der Waals surface area contributed by atoms with E-state index in [2.05, 4.69) is 5.32 Å². The Hall–Kier alpha value is -5.44. The number of carbonyl (C=O) groups excluding carboxylic acids is 2. The van der Waals surface area contributed by atoms with Crippen molar-refractivity contribution in [2.45, 2.75) is 11.8 Å². The summed E-state index contributed by atoms with van der Waals surface area (Å²) in [5.41, 5.74) is 0.658. The molecule has 0 spiro atoms. The standard InChI is InChI=1S/C32H27NO8/c1-40-25-17-13-22(14-18-25)26-9-5-6-10-27(26)29(35)33-24-15-11-21(12-16-24)19-28(34)41-20-32(30(36)37,31(38)39)23-7-3-2-4-8-23/h2-18H,19-20H2,1H3,(H,33,35)(H,36,37)(H,38,39). The number of carboxylic acids is 2. The zero-order chi connectivity index (χ0) is 29.4. The monoisotopic (exact) mass is 553 g/mol. The van der Waals surface area contributed by atoms with Crippen molar-refractivity contribution in [2.75, 3.05) is 19.0 Å². The lowest BCUT2D eigenvalue weighted by Crippen LogP contribution is -2.48. The molecule has 4 rings (SSSR count). The van der Waals surface area contributed by atoms with Gasteiger partial charge >= 0.3 is 17.9 Å². The Morgan fingerprint density at radius 3 is 1.98 bits per heavy atom. The molecule has 0 bridgehead atoms. The molecule has 3 N–H and O–H groups in total. The number of esters is 1. The van der Waals surface area contributed by atoms with Crippen molar-refractivity contribution in [3.8, 4) is 16.9 Å². The van der Waals surface area contributed by atoms with E-state index in [9.17, 15) is 29.4 Å². The maximum atomic E-state index is 13.1. The van der Waals surface area contributed by atoms with E-state index in [1.807, 2.05) is 36.4 Å². The van der Waals surface area contributed by atoms with Crippen molar-refractivity contribution >= 4 is 29.5 Å². The largest absolute Gasteiger partial charge is 0.497 e. The summed E-state index contributed by atoms with van der Waals surface area (Å²) in [4.78, 5) is 49.6. The summed E-state index contributed by atoms with van der Waals surface area (Å²) in [6.45, 7) is -0.873. The average molecular weight is 554 g/mol. The summed E-state index contributed by atoms with van der Waals surface area (Å²) in [6.07, 6.45) is -0.224. The zero-order valence-electron chi connectivity index (χ0n) is 22.1. The predicted octanol–water partition coefficient (Wildman–Crippen LogP) is 4.81. The first-order valence-electron chi connectivity index (χ1n) is 12.6. The summed E-state index contributed by atoms with van der Waals surface area (Å²) >= 11 is 0. The van der Waals surface area contributed by atoms with E-state index < -0.39 is 29.9 Å². The molecule has 208 valence electrons. The van der Waals surface area contributed by atoms with E-state index in [4.69, 9.17) is 9.47 Å². The first kappa shape index (κ1) is 28.6. The molecule has 0 radical (unpaired) electrons. The molecule has 0 aliphatic carbocycles. The first-order valence-corrected chi connectivity index (χ1v) is 12.6. The minimum atomic E-state index is -2.44. The van der Waals surface area contributed by atoms with E-state index in [0.717, 1.165) is 11.1 Å². The van der Waals surface area contributed by atoms with Crippen molar-refractivity contribution in [3.63, 3.8) is 0 Å². The van der Waals surface area contributed by atoms with Gasteiger partial charge in [-0.1, -0.05) is 72.8 Å². The van der Waals surface area contributed by atoms with Crippen molar-refractivity contribution < 1.29 is 38.9 Å². The SMILES string of the molecule is COc1ccc(-c2ccccc2C(=O)Nc2ccc(CC(=O)OCC(C(=O)O)(C(=O)O)c3ccccc3)cc2)cc1. The lowest BCUT2D eigenvalue weighted by Gasteiger charge is -2.25. The Kier molecular flexibility index (Phi) is 8.79. The van der Waals surface area contributed by atoms with Crippen LogP contribution in [0.5, 0.6) is 5.75 Å². The molecule has 0 saturated carbocycles. The van der Waals surface area contributed by atoms with Crippen LogP contribution in [0, 0.1) is 0 Å². The van der Waals surface area contributed by atoms with Crippen LogP contribution in [-0.2, 0) is 31.0 Å². The number of ether oxygens (including phenoxy) is 2. The second-order valence-corrected chi connectivity index (χ2v) is 9.14. The van der Waals surface area contributed by atoms with Crippen LogP contribution in [0.15, 0.2) is 103 Å². The molecule has 0 aliphatic rings. The molecule has 1 amide bonds. The number of hydrogen-bond acceptors (Lipinski definition) is 6. The van der Waals surface area contributed by atoms with Crippen LogP contribution < -0.4 is 10.1 Å². The zero-order valence-corrected chi connectivity index (χ0v) is 22.1. The summed E-state index contributed by atoms with van der Waals surface area (Å²) in [6, 6.07) is 28.4. The predicted molar refractivity (Wildman–Crippen MR) is 151 cm³/mol. The smallest absolute Gasteiger partial charge is 0.329 e. The number of aliphatic carboxylic acids is 2. The van der Waals surface area contributed by atoms with Gasteiger partial charge in [0, 0.05) is 11.3 Å². The number of amides is 1. The molecule has 4 aromatic rings. The van der Waals surface area contributed by atoms with Gasteiger partial charge in [-0.15, -0.1) is 0 Å². The molecule has 0 unspecified atom stereocenters. The Labute approximate surface area is 236 Å². The van der Waals surface area contributed by atoms with Gasteiger partial charge in [0.15, 0.2) is 0 Å². The average Bonchev–Trinajstić information content (AvgIpc) is 2.98. The van der Waals surface area contributed by atoms with Crippen LogP contribution in [0.3, 0.4) is 0 Å². The molecule has 9 heteroatoms. The summed E-state index contributed by atoms with van der Waals surface area (Å²) < 4.78 is 10.3. The number of anilines is 1. The molecule has 0 atom stereocenters. The van der Waals surface area contributed by atoms with E-state index in [1.165, 1.54) is 24.3 Å². The van der Waals surface area contributed by atoms with Crippen molar-refractivity contribution in [1.29, 1.82) is 0 Å². The van der Waals surface area contributed by atoms with Crippen LogP contribution in [0.1, 0.15) is 21.5 Å². The highest BCUT2D eigenvalue weighted by Gasteiger charge is 2.50. The number of methoxy groups -OCH3 is 1. The van der Waals surface area contributed by atoms with Gasteiger partial charge in [0.2, 0.25) is 5.41 Å². The summed E-state index contributed by atoms with van der Waals surface area (Å²) in [5, 5.41) is 22.3. The number of rotatable bonds is 11. The van der Waals surface area contributed by atoms with Gasteiger partial charge in [-0.05, 0) is 52.6 Å². The van der Waals surface area contributed by atoms with Crippen LogP contribution >= 0.6 is 0 Å². The lowest BCUT2D eigenvalue weighted by atomic mass is 9.81. The number of carbonyl (C=O) groups is 4. The second kappa shape index (κ2) is 12.6. The molecule has 0 fully saturated rings. The fourth-order valence-electron chi connectivity index (χ4n) is 4.28. The molecule has 41 heavy (non-hydrogen) atoms. The van der Waals surface area contributed by atoms with Gasteiger partial charge in [-0.3, -0.25) is 19.2 Å². The van der Waals surface area contributed by atoms with Crippen LogP contribution in [0.2, 0.25) is 0 Å². The second-order valence-electron chi connectivity index (χ2n) is 9.14. The summed E-state index contributed by atoms with van der Waals surface area (Å²) in [7, 11) is 1.58. The Balaban J connectivity index is 1.41. The van der Waals surface area contributed by atoms with E-state index in [0.29, 0.717) is 22.6 Å². The van der Waals surface area contributed by atoms with Gasteiger partial charge in [0.25, 0.3) is 5.91 Å². The van der Waals surface area contributed by atoms with Gasteiger partial charge in [-0.25, -0.2) is 0 Å². The minimum Gasteiger partial charge on any atom is -0.497 e. The van der Waals surface area contributed by atoms with Crippen LogP contribution in [-0.4, -0.2) is 47.7 Å². The highest BCUT2D eigenvalue weighted by Crippen LogP contribution is 2.28. The van der Waals surface area contributed by atoms with Crippen molar-refractivity contribution in [3.05, 3.63) is 120 Å². The Morgan fingerprint density at radius 1 is 0.756 bits per heavy atom. The third kappa shape index (κ3) is 6.42. The molecule has 9 nitrogen and oxygen atoms in total. The van der Waals surface area contributed by atoms with Gasteiger partial charge in [-0.2, -0.15) is 0 Å². The van der Waals surface area contributed by atoms with Crippen molar-refractivity contribution in [1.82, 2.24) is 0 Å². The minimum absolute atomic E-state index is 0.0125. The number of nitrogens with one attached hydrogen (secondary N) is 1. The quantitative estimate of drug-likeness (QED) is 0.178. The molecule has 0 saturated heterocycles. The molecule has 0 aromatic heterocycles. The lowest BCUT2D eigenvalue weighted by molar-refractivity contribution is -0.163. The maximum absolute atomic E-state index is 13.1. The molecule has 0 heterocycles. The van der Waals surface area contributed by atoms with Gasteiger partial charge < -0.3 is 25.0 Å². The first-order chi connectivity index (χ1) is 19.7. The van der Waals surface area contributed by atoms with Gasteiger partial charge in [0.05, 0.1) is 13.5 Å². The normalized spacial score (nSPS) is 10.9. The van der Waals surface area contributed by atoms with Gasteiger partial charge in [0.1, 0.15) is 12.4 Å². The fraction of sp³-hybridized carbons (Fsp3) is 0.125. The highest BCUT2D eigenvalue weighted by atomic mass is 16.5. The third-order valence-corrected chi connectivity index (χ3v) is 6.58. The third-order valence-electron chi connectivity index (χ3n) is 6.58. The topological polar surface area (TPSA) is 139 Å². The van der Waals surface area contributed by atoms with E-state index in [-0.39, 0.29) is 17.9 Å². The van der Waals surface area contributed by atoms with Crippen molar-refractivity contribution in [2.24, 2.45) is 0 Å². The molecule has 4 aromatic carbocycles. The number of benzene rings is 4.